The Morgan fingerprint density at radius 1 is 0.968 bits per heavy atom. The van der Waals surface area contributed by atoms with Gasteiger partial charge in [-0.1, -0.05) is 48.0 Å². The maximum Gasteiger partial charge on any atom is 0.139 e. The minimum atomic E-state index is 0.250. The first kappa shape index (κ1) is 23.5. The van der Waals surface area contributed by atoms with Crippen LogP contribution in [0.25, 0.3) is 0 Å². The minimum Gasteiger partial charge on any atom is -0.300 e. The molecule has 0 bridgehead atoms. The highest BCUT2D eigenvalue weighted by atomic mass is 16.1. The fourth-order valence-electron chi connectivity index (χ4n) is 9.55. The van der Waals surface area contributed by atoms with Crippen LogP contribution in [0.1, 0.15) is 112 Å². The molecular formula is C29H48O2. The highest BCUT2D eigenvalue weighted by molar-refractivity contribution is 5.85. The van der Waals surface area contributed by atoms with Crippen molar-refractivity contribution >= 4 is 11.6 Å². The summed E-state index contributed by atoms with van der Waals surface area (Å²) in [5.74, 6) is 5.51. The first-order valence-corrected chi connectivity index (χ1v) is 13.7. The monoisotopic (exact) mass is 428 g/mol. The van der Waals surface area contributed by atoms with E-state index in [-0.39, 0.29) is 5.92 Å². The van der Waals surface area contributed by atoms with Crippen molar-refractivity contribution in [2.24, 2.45) is 58.2 Å². The summed E-state index contributed by atoms with van der Waals surface area (Å²) in [7, 11) is 0. The van der Waals surface area contributed by atoms with E-state index in [0.29, 0.717) is 57.9 Å². The van der Waals surface area contributed by atoms with Crippen LogP contribution in [0.4, 0.5) is 0 Å². The third kappa shape index (κ3) is 3.76. The summed E-state index contributed by atoms with van der Waals surface area (Å²) in [5, 5.41) is 0. The summed E-state index contributed by atoms with van der Waals surface area (Å²) in [4.78, 5) is 26.0. The lowest BCUT2D eigenvalue weighted by Crippen LogP contribution is -2.59. The number of carbonyl (C=O) groups is 2. The van der Waals surface area contributed by atoms with E-state index in [2.05, 4.69) is 41.5 Å². The van der Waals surface area contributed by atoms with Crippen LogP contribution in [0, 0.1) is 58.2 Å². The molecule has 0 heterocycles. The zero-order valence-electron chi connectivity index (χ0n) is 21.2. The molecule has 0 amide bonds. The molecule has 10 atom stereocenters. The van der Waals surface area contributed by atoms with Gasteiger partial charge in [0.05, 0.1) is 0 Å². The molecular weight excluding hydrogens is 380 g/mol. The Labute approximate surface area is 191 Å². The van der Waals surface area contributed by atoms with Crippen LogP contribution < -0.4 is 0 Å². The van der Waals surface area contributed by atoms with E-state index in [0.717, 1.165) is 31.6 Å². The lowest BCUT2D eigenvalue weighted by molar-refractivity contribution is -0.168. The van der Waals surface area contributed by atoms with Gasteiger partial charge in [0, 0.05) is 24.7 Å². The van der Waals surface area contributed by atoms with E-state index in [1.54, 1.807) is 0 Å². The van der Waals surface area contributed by atoms with Crippen LogP contribution in [0.3, 0.4) is 0 Å². The second-order valence-corrected chi connectivity index (χ2v) is 13.0. The summed E-state index contributed by atoms with van der Waals surface area (Å²) < 4.78 is 0. The van der Waals surface area contributed by atoms with E-state index >= 15 is 0 Å². The number of carbonyl (C=O) groups excluding carboxylic acids is 2. The molecule has 4 aliphatic carbocycles. The fraction of sp³-hybridized carbons (Fsp3) is 0.931. The van der Waals surface area contributed by atoms with Gasteiger partial charge < -0.3 is 0 Å². The molecule has 4 aliphatic rings. The predicted octanol–water partition coefficient (Wildman–Crippen LogP) is 7.49. The molecule has 4 fully saturated rings. The maximum absolute atomic E-state index is 13.9. The molecule has 0 aromatic rings. The first-order chi connectivity index (χ1) is 14.6. The minimum absolute atomic E-state index is 0.250. The van der Waals surface area contributed by atoms with Crippen LogP contribution in [0.2, 0.25) is 0 Å². The van der Waals surface area contributed by atoms with Crippen molar-refractivity contribution < 1.29 is 9.59 Å². The highest BCUT2D eigenvalue weighted by Gasteiger charge is 2.64. The molecule has 0 aliphatic heterocycles. The highest BCUT2D eigenvalue weighted by Crippen LogP contribution is 2.68. The summed E-state index contributed by atoms with van der Waals surface area (Å²) in [5.41, 5.74) is 0.678. The third-order valence-corrected chi connectivity index (χ3v) is 11.3. The Morgan fingerprint density at radius 3 is 2.35 bits per heavy atom. The Morgan fingerprint density at radius 2 is 1.65 bits per heavy atom. The maximum atomic E-state index is 13.9. The van der Waals surface area contributed by atoms with Crippen molar-refractivity contribution in [3.05, 3.63) is 0 Å². The smallest absolute Gasteiger partial charge is 0.139 e. The average Bonchev–Trinajstić information content (AvgIpc) is 3.08. The molecule has 4 saturated carbocycles. The Balaban J connectivity index is 1.54. The number of rotatable bonds is 6. The molecule has 0 aromatic carbocycles. The molecule has 2 nitrogen and oxygen atoms in total. The van der Waals surface area contributed by atoms with E-state index < -0.39 is 0 Å². The Bertz CT molecular complexity index is 697. The summed E-state index contributed by atoms with van der Waals surface area (Å²) in [6.07, 6.45) is 12.5. The SMILES string of the molecule is CCCC(=O)CC[C@@H](C)C1CCC2C3C(=O)C(C)C4C[C@H](C)CCC4(C)C3CCC21C. The quantitative estimate of drug-likeness (QED) is 0.439. The van der Waals surface area contributed by atoms with Gasteiger partial charge in [0.1, 0.15) is 11.6 Å². The van der Waals surface area contributed by atoms with E-state index in [4.69, 9.17) is 0 Å². The predicted molar refractivity (Wildman–Crippen MR) is 128 cm³/mol. The number of Topliss-reactive ketones (excluding diaryl/α,β-unsaturated/α-hetero) is 2. The Kier molecular flexibility index (Phi) is 6.52. The van der Waals surface area contributed by atoms with Gasteiger partial charge in [0.15, 0.2) is 0 Å². The molecule has 0 radical (unpaired) electrons. The van der Waals surface area contributed by atoms with Gasteiger partial charge in [-0.3, -0.25) is 9.59 Å². The van der Waals surface area contributed by atoms with Crippen LogP contribution in [-0.4, -0.2) is 11.6 Å². The van der Waals surface area contributed by atoms with E-state index in [1.165, 1.54) is 44.9 Å². The fourth-order valence-corrected chi connectivity index (χ4v) is 9.55. The van der Waals surface area contributed by atoms with E-state index in [9.17, 15) is 9.59 Å². The standard InChI is InChI=1S/C29H48O2/c1-7-8-21(30)10-9-19(3)22-11-12-23-26-24(14-16-28(22,23)5)29(6)15-13-18(2)17-25(29)20(4)27(26)31/h18-20,22-26H,7-17H2,1-6H3/t18-,19-,20?,22?,23?,24?,25?,26?,28?,29?/m1/s1. The van der Waals surface area contributed by atoms with Crippen molar-refractivity contribution in [2.75, 3.05) is 0 Å². The number of hydrogen-bond donors (Lipinski definition) is 0. The summed E-state index contributed by atoms with van der Waals surface area (Å²) >= 11 is 0. The molecule has 31 heavy (non-hydrogen) atoms. The van der Waals surface area contributed by atoms with Gasteiger partial charge in [0.2, 0.25) is 0 Å². The Hall–Kier alpha value is -0.660. The molecule has 0 N–H and O–H groups in total. The van der Waals surface area contributed by atoms with Gasteiger partial charge in [-0.05, 0) is 97.7 Å². The molecule has 8 unspecified atom stereocenters. The lowest BCUT2D eigenvalue weighted by Gasteiger charge is -2.62. The van der Waals surface area contributed by atoms with Gasteiger partial charge in [-0.15, -0.1) is 0 Å². The molecule has 176 valence electrons. The lowest BCUT2D eigenvalue weighted by atomic mass is 9.42. The molecule has 4 rings (SSSR count). The molecule has 2 heteroatoms. The zero-order valence-corrected chi connectivity index (χ0v) is 21.2. The van der Waals surface area contributed by atoms with Crippen molar-refractivity contribution in [1.29, 1.82) is 0 Å². The van der Waals surface area contributed by atoms with Gasteiger partial charge in [0.25, 0.3) is 0 Å². The third-order valence-electron chi connectivity index (χ3n) is 11.3. The van der Waals surface area contributed by atoms with Crippen LogP contribution in [-0.2, 0) is 9.59 Å². The zero-order chi connectivity index (χ0) is 22.6. The van der Waals surface area contributed by atoms with E-state index in [1.807, 2.05) is 0 Å². The second-order valence-electron chi connectivity index (χ2n) is 13.0. The van der Waals surface area contributed by atoms with Crippen molar-refractivity contribution in [2.45, 2.75) is 112 Å². The van der Waals surface area contributed by atoms with Gasteiger partial charge in [-0.2, -0.15) is 0 Å². The van der Waals surface area contributed by atoms with Crippen LogP contribution >= 0.6 is 0 Å². The second kappa shape index (κ2) is 8.60. The topological polar surface area (TPSA) is 34.1 Å². The number of hydrogen-bond acceptors (Lipinski definition) is 2. The van der Waals surface area contributed by atoms with Crippen molar-refractivity contribution in [3.63, 3.8) is 0 Å². The van der Waals surface area contributed by atoms with Crippen LogP contribution in [0.15, 0.2) is 0 Å². The van der Waals surface area contributed by atoms with Crippen molar-refractivity contribution in [1.82, 2.24) is 0 Å². The molecule has 0 aromatic heterocycles. The molecule has 0 saturated heterocycles. The number of fused-ring (bicyclic) bond motifs is 5. The van der Waals surface area contributed by atoms with Crippen molar-refractivity contribution in [3.8, 4) is 0 Å². The summed E-state index contributed by atoms with van der Waals surface area (Å²) in [6.45, 7) is 14.3. The van der Waals surface area contributed by atoms with Gasteiger partial charge in [-0.25, -0.2) is 0 Å². The normalized spacial score (nSPS) is 47.9. The summed E-state index contributed by atoms with van der Waals surface area (Å²) in [6, 6.07) is 0. The van der Waals surface area contributed by atoms with Crippen LogP contribution in [0.5, 0.6) is 0 Å². The molecule has 0 spiro atoms. The largest absolute Gasteiger partial charge is 0.300 e. The first-order valence-electron chi connectivity index (χ1n) is 13.7. The number of ketones is 2. The van der Waals surface area contributed by atoms with Gasteiger partial charge >= 0.3 is 0 Å². The average molecular weight is 429 g/mol.